The largest absolute Gasteiger partial charge is 0.355 e. The fraction of sp³-hybridized carbons (Fsp3) is 0.733. The fourth-order valence-corrected chi connectivity index (χ4v) is 2.21. The van der Waals surface area contributed by atoms with E-state index in [4.69, 9.17) is 4.98 Å². The van der Waals surface area contributed by atoms with Crippen molar-refractivity contribution in [3.05, 3.63) is 18.1 Å². The van der Waals surface area contributed by atoms with Crippen molar-refractivity contribution in [2.45, 2.75) is 46.1 Å². The molecule has 1 N–H and O–H groups in total. The Labute approximate surface area is 116 Å². The predicted molar refractivity (Wildman–Crippen MR) is 79.3 cm³/mol. The molecule has 2 rings (SSSR count). The molecule has 1 aromatic rings. The maximum Gasteiger partial charge on any atom is 0.147 e. The van der Waals surface area contributed by atoms with Crippen LogP contribution in [0.2, 0.25) is 0 Å². The number of nitrogens with zero attached hydrogens (tertiary/aromatic N) is 3. The summed E-state index contributed by atoms with van der Waals surface area (Å²) in [6, 6.07) is 0. The monoisotopic (exact) mass is 262 g/mol. The molecule has 0 saturated heterocycles. The Bertz CT molecular complexity index is 376. The average molecular weight is 262 g/mol. The molecule has 1 aliphatic rings. The van der Waals surface area contributed by atoms with Crippen LogP contribution < -0.4 is 10.2 Å². The Morgan fingerprint density at radius 2 is 2.11 bits per heavy atom. The molecule has 0 bridgehead atoms. The zero-order valence-electron chi connectivity index (χ0n) is 12.2. The molecular weight excluding hydrogens is 236 g/mol. The van der Waals surface area contributed by atoms with Gasteiger partial charge in [-0.15, -0.1) is 0 Å². The molecule has 0 atom stereocenters. The summed E-state index contributed by atoms with van der Waals surface area (Å²) >= 11 is 0. The van der Waals surface area contributed by atoms with E-state index < -0.39 is 0 Å². The van der Waals surface area contributed by atoms with Crippen LogP contribution in [0.1, 0.15) is 45.2 Å². The standard InChI is InChI=1S/C15H26N4/c1-3-7-16-9-14-10-17-11-15(18-14)19(8-4-2)12-13-5-6-13/h10-11,13,16H,3-9,12H2,1-2H3. The van der Waals surface area contributed by atoms with Crippen LogP contribution in [0.3, 0.4) is 0 Å². The van der Waals surface area contributed by atoms with Gasteiger partial charge in [0, 0.05) is 25.8 Å². The van der Waals surface area contributed by atoms with Gasteiger partial charge in [-0.3, -0.25) is 4.98 Å². The van der Waals surface area contributed by atoms with Gasteiger partial charge in [0.15, 0.2) is 0 Å². The third-order valence-corrected chi connectivity index (χ3v) is 3.40. The average Bonchev–Trinajstić information content (AvgIpc) is 3.23. The van der Waals surface area contributed by atoms with Gasteiger partial charge in [-0.05, 0) is 38.1 Å². The van der Waals surface area contributed by atoms with Crippen LogP contribution in [0, 0.1) is 5.92 Å². The molecule has 0 aromatic carbocycles. The number of aromatic nitrogens is 2. The lowest BCUT2D eigenvalue weighted by Gasteiger charge is -2.23. The molecule has 1 aromatic heterocycles. The van der Waals surface area contributed by atoms with E-state index in [9.17, 15) is 0 Å². The Kier molecular flexibility index (Phi) is 5.58. The Hall–Kier alpha value is -1.16. The third kappa shape index (κ3) is 4.78. The molecular formula is C15H26N4. The van der Waals surface area contributed by atoms with E-state index in [2.05, 4.69) is 29.0 Å². The fourth-order valence-electron chi connectivity index (χ4n) is 2.21. The van der Waals surface area contributed by atoms with Gasteiger partial charge in [-0.1, -0.05) is 13.8 Å². The minimum atomic E-state index is 0.818. The summed E-state index contributed by atoms with van der Waals surface area (Å²) in [7, 11) is 0. The van der Waals surface area contributed by atoms with E-state index in [0.717, 1.165) is 56.5 Å². The van der Waals surface area contributed by atoms with Crippen molar-refractivity contribution >= 4 is 5.82 Å². The molecule has 1 aliphatic carbocycles. The molecule has 4 nitrogen and oxygen atoms in total. The lowest BCUT2D eigenvalue weighted by atomic mass is 10.3. The number of hydrogen-bond donors (Lipinski definition) is 1. The first-order valence-electron chi connectivity index (χ1n) is 7.60. The minimum absolute atomic E-state index is 0.818. The van der Waals surface area contributed by atoms with Gasteiger partial charge in [0.05, 0.1) is 11.9 Å². The molecule has 106 valence electrons. The summed E-state index contributed by atoms with van der Waals surface area (Å²) in [6.45, 7) is 8.48. The number of rotatable bonds is 9. The first-order valence-corrected chi connectivity index (χ1v) is 7.60. The van der Waals surface area contributed by atoms with Crippen LogP contribution in [-0.4, -0.2) is 29.6 Å². The smallest absolute Gasteiger partial charge is 0.147 e. The maximum atomic E-state index is 4.75. The van der Waals surface area contributed by atoms with Crippen LogP contribution in [0.4, 0.5) is 5.82 Å². The second-order valence-electron chi connectivity index (χ2n) is 5.43. The van der Waals surface area contributed by atoms with E-state index in [1.54, 1.807) is 0 Å². The van der Waals surface area contributed by atoms with Gasteiger partial charge < -0.3 is 10.2 Å². The molecule has 0 radical (unpaired) electrons. The third-order valence-electron chi connectivity index (χ3n) is 3.40. The molecule has 19 heavy (non-hydrogen) atoms. The van der Waals surface area contributed by atoms with Gasteiger partial charge in [-0.25, -0.2) is 4.98 Å². The van der Waals surface area contributed by atoms with Crippen molar-refractivity contribution in [2.24, 2.45) is 5.92 Å². The van der Waals surface area contributed by atoms with Crippen molar-refractivity contribution in [3.8, 4) is 0 Å². The summed E-state index contributed by atoms with van der Waals surface area (Å²) in [6.07, 6.45) is 8.84. The van der Waals surface area contributed by atoms with Gasteiger partial charge >= 0.3 is 0 Å². The number of anilines is 1. The second kappa shape index (κ2) is 7.43. The van der Waals surface area contributed by atoms with E-state index in [-0.39, 0.29) is 0 Å². The van der Waals surface area contributed by atoms with E-state index >= 15 is 0 Å². The van der Waals surface area contributed by atoms with Crippen molar-refractivity contribution < 1.29 is 0 Å². The Morgan fingerprint density at radius 3 is 2.79 bits per heavy atom. The summed E-state index contributed by atoms with van der Waals surface area (Å²) < 4.78 is 0. The highest BCUT2D eigenvalue weighted by molar-refractivity contribution is 5.36. The summed E-state index contributed by atoms with van der Waals surface area (Å²) in [4.78, 5) is 11.5. The summed E-state index contributed by atoms with van der Waals surface area (Å²) in [5.74, 6) is 1.93. The van der Waals surface area contributed by atoms with Crippen molar-refractivity contribution in [1.29, 1.82) is 0 Å². The van der Waals surface area contributed by atoms with Crippen LogP contribution in [0.25, 0.3) is 0 Å². The SMILES string of the molecule is CCCNCc1cncc(N(CCC)CC2CC2)n1. The lowest BCUT2D eigenvalue weighted by Crippen LogP contribution is -2.28. The summed E-state index contributed by atoms with van der Waals surface area (Å²) in [5.41, 5.74) is 1.04. The Morgan fingerprint density at radius 1 is 1.26 bits per heavy atom. The highest BCUT2D eigenvalue weighted by Gasteiger charge is 2.24. The van der Waals surface area contributed by atoms with E-state index in [1.165, 1.54) is 12.8 Å². The molecule has 1 heterocycles. The highest BCUT2D eigenvalue weighted by atomic mass is 15.2. The number of nitrogens with one attached hydrogen (secondary N) is 1. The van der Waals surface area contributed by atoms with Crippen molar-refractivity contribution in [2.75, 3.05) is 24.5 Å². The van der Waals surface area contributed by atoms with E-state index in [0.29, 0.717) is 0 Å². The van der Waals surface area contributed by atoms with Crippen LogP contribution in [0.15, 0.2) is 12.4 Å². The van der Waals surface area contributed by atoms with Crippen molar-refractivity contribution in [3.63, 3.8) is 0 Å². The molecule has 4 heteroatoms. The molecule has 1 fully saturated rings. The van der Waals surface area contributed by atoms with Gasteiger partial charge in [0.25, 0.3) is 0 Å². The quantitative estimate of drug-likeness (QED) is 0.695. The van der Waals surface area contributed by atoms with E-state index in [1.807, 2.05) is 12.4 Å². The van der Waals surface area contributed by atoms with Gasteiger partial charge in [0.1, 0.15) is 5.82 Å². The normalized spacial score (nSPS) is 14.6. The molecule has 0 aliphatic heterocycles. The topological polar surface area (TPSA) is 41.1 Å². The van der Waals surface area contributed by atoms with Gasteiger partial charge in [-0.2, -0.15) is 0 Å². The second-order valence-corrected chi connectivity index (χ2v) is 5.43. The minimum Gasteiger partial charge on any atom is -0.355 e. The first kappa shape index (κ1) is 14.3. The first-order chi connectivity index (χ1) is 9.33. The predicted octanol–water partition coefficient (Wildman–Crippen LogP) is 2.60. The Balaban J connectivity index is 1.97. The number of hydrogen-bond acceptors (Lipinski definition) is 4. The van der Waals surface area contributed by atoms with Crippen LogP contribution >= 0.6 is 0 Å². The summed E-state index contributed by atoms with van der Waals surface area (Å²) in [5, 5.41) is 3.38. The highest BCUT2D eigenvalue weighted by Crippen LogP contribution is 2.30. The molecule has 0 spiro atoms. The molecule has 0 amide bonds. The van der Waals surface area contributed by atoms with Gasteiger partial charge in [0.2, 0.25) is 0 Å². The maximum absolute atomic E-state index is 4.75. The molecule has 0 unspecified atom stereocenters. The zero-order valence-corrected chi connectivity index (χ0v) is 12.2. The lowest BCUT2D eigenvalue weighted by molar-refractivity contribution is 0.654. The van der Waals surface area contributed by atoms with Crippen molar-refractivity contribution in [1.82, 2.24) is 15.3 Å². The molecule has 1 saturated carbocycles. The van der Waals surface area contributed by atoms with Crippen LogP contribution in [0.5, 0.6) is 0 Å². The van der Waals surface area contributed by atoms with Crippen LogP contribution in [-0.2, 0) is 6.54 Å². The zero-order chi connectivity index (χ0) is 13.5.